The smallest absolute Gasteiger partial charge is 0.262 e. The van der Waals surface area contributed by atoms with E-state index in [0.717, 1.165) is 5.56 Å². The van der Waals surface area contributed by atoms with Crippen LogP contribution >= 0.6 is 55.1 Å². The number of hydrogen-bond acceptors (Lipinski definition) is 3. The van der Waals surface area contributed by atoms with Crippen molar-refractivity contribution >= 4 is 67.0 Å². The Bertz CT molecular complexity index is 946. The van der Waals surface area contributed by atoms with Crippen LogP contribution in [0.2, 0.25) is 10.0 Å². The molecule has 0 aliphatic heterocycles. The Kier molecular flexibility index (Phi) is 8.38. The summed E-state index contributed by atoms with van der Waals surface area (Å²) in [6.45, 7) is 3.96. The molecular weight excluding hydrogens is 531 g/mol. The first-order valence-corrected chi connectivity index (χ1v) is 10.5. The zero-order chi connectivity index (χ0) is 20.8. The van der Waals surface area contributed by atoms with Gasteiger partial charge in [-0.25, -0.2) is 0 Å². The summed E-state index contributed by atoms with van der Waals surface area (Å²) >= 11 is 18.9. The molecule has 1 amide bonds. The van der Waals surface area contributed by atoms with Crippen molar-refractivity contribution in [3.8, 4) is 11.8 Å². The molecule has 8 heteroatoms. The van der Waals surface area contributed by atoms with Crippen molar-refractivity contribution in [1.29, 1.82) is 5.26 Å². The van der Waals surface area contributed by atoms with E-state index in [-0.39, 0.29) is 11.6 Å². The number of benzene rings is 2. The fourth-order valence-corrected chi connectivity index (χ4v) is 4.01. The molecule has 0 bridgehead atoms. The number of rotatable bonds is 6. The fraction of sp³-hybridized carbons (Fsp3) is 0.200. The minimum Gasteiger partial charge on any atom is -0.487 e. The Balaban J connectivity index is 2.22. The Morgan fingerprint density at radius 3 is 2.39 bits per heavy atom. The highest BCUT2D eigenvalue weighted by Gasteiger charge is 2.13. The molecule has 0 fully saturated rings. The second-order valence-electron chi connectivity index (χ2n) is 6.15. The van der Waals surface area contributed by atoms with Gasteiger partial charge in [0.25, 0.3) is 5.91 Å². The zero-order valence-electron chi connectivity index (χ0n) is 15.0. The normalized spacial score (nSPS) is 11.3. The standard InChI is InChI=1S/C20H16Br2Cl2N2O2/c1-11(2)26-20(27)14(9-25)5-13-6-15(21)19(16(22)7-13)28-10-12-3-4-17(23)18(24)8-12/h3-8,11H,10H2,1-2H3,(H,26,27)/b14-5-. The molecule has 0 radical (unpaired) electrons. The quantitative estimate of drug-likeness (QED) is 0.331. The van der Waals surface area contributed by atoms with E-state index in [1.807, 2.05) is 26.0 Å². The van der Waals surface area contributed by atoms with Crippen LogP contribution in [0.1, 0.15) is 25.0 Å². The summed E-state index contributed by atoms with van der Waals surface area (Å²) in [6, 6.07) is 10.7. The van der Waals surface area contributed by atoms with Gasteiger partial charge in [0, 0.05) is 6.04 Å². The third-order valence-electron chi connectivity index (χ3n) is 3.48. The maximum absolute atomic E-state index is 12.1. The highest BCUT2D eigenvalue weighted by molar-refractivity contribution is 9.11. The molecular formula is C20H16Br2Cl2N2O2. The number of carbonyl (C=O) groups is 1. The van der Waals surface area contributed by atoms with Crippen LogP contribution in [0.5, 0.6) is 5.75 Å². The largest absolute Gasteiger partial charge is 0.487 e. The van der Waals surface area contributed by atoms with Crippen LogP contribution in [0.25, 0.3) is 6.08 Å². The van der Waals surface area contributed by atoms with E-state index >= 15 is 0 Å². The van der Waals surface area contributed by atoms with Gasteiger partial charge in [0.2, 0.25) is 0 Å². The number of carbonyl (C=O) groups excluding carboxylic acids is 1. The molecule has 0 unspecified atom stereocenters. The lowest BCUT2D eigenvalue weighted by Crippen LogP contribution is -2.30. The Hall–Kier alpha value is -1.52. The maximum atomic E-state index is 12.1. The van der Waals surface area contributed by atoms with Crippen LogP contribution in [0.4, 0.5) is 0 Å². The number of ether oxygens (including phenoxy) is 1. The van der Waals surface area contributed by atoms with E-state index in [0.29, 0.717) is 36.9 Å². The van der Waals surface area contributed by atoms with Crippen LogP contribution in [0.3, 0.4) is 0 Å². The number of nitriles is 1. The molecule has 146 valence electrons. The zero-order valence-corrected chi connectivity index (χ0v) is 19.7. The number of nitrogens with one attached hydrogen (secondary N) is 1. The third kappa shape index (κ3) is 6.25. The topological polar surface area (TPSA) is 62.1 Å². The van der Waals surface area contributed by atoms with Crippen molar-refractivity contribution < 1.29 is 9.53 Å². The molecule has 28 heavy (non-hydrogen) atoms. The first-order chi connectivity index (χ1) is 13.2. The molecule has 0 aliphatic carbocycles. The van der Waals surface area contributed by atoms with Gasteiger partial charge in [0.05, 0.1) is 19.0 Å². The van der Waals surface area contributed by atoms with Gasteiger partial charge in [0.15, 0.2) is 0 Å². The van der Waals surface area contributed by atoms with Crippen molar-refractivity contribution in [3.05, 3.63) is 66.0 Å². The van der Waals surface area contributed by atoms with E-state index in [1.165, 1.54) is 6.08 Å². The second-order valence-corrected chi connectivity index (χ2v) is 8.67. The summed E-state index contributed by atoms with van der Waals surface area (Å²) in [7, 11) is 0. The van der Waals surface area contributed by atoms with E-state index in [4.69, 9.17) is 27.9 Å². The monoisotopic (exact) mass is 544 g/mol. The van der Waals surface area contributed by atoms with Gasteiger partial charge in [-0.3, -0.25) is 4.79 Å². The van der Waals surface area contributed by atoms with Crippen molar-refractivity contribution in [1.82, 2.24) is 5.32 Å². The number of amides is 1. The number of hydrogen-bond donors (Lipinski definition) is 1. The number of halogens is 4. The van der Waals surface area contributed by atoms with Crippen molar-refractivity contribution in [3.63, 3.8) is 0 Å². The average molecular weight is 547 g/mol. The van der Waals surface area contributed by atoms with Gasteiger partial charge in [-0.15, -0.1) is 0 Å². The minimum atomic E-state index is -0.412. The minimum absolute atomic E-state index is 0.0250. The van der Waals surface area contributed by atoms with E-state index < -0.39 is 5.91 Å². The lowest BCUT2D eigenvalue weighted by Gasteiger charge is -2.12. The molecule has 1 N–H and O–H groups in total. The molecule has 0 aliphatic rings. The lowest BCUT2D eigenvalue weighted by atomic mass is 10.1. The van der Waals surface area contributed by atoms with Crippen LogP contribution in [-0.2, 0) is 11.4 Å². The lowest BCUT2D eigenvalue weighted by molar-refractivity contribution is -0.117. The summed E-state index contributed by atoms with van der Waals surface area (Å²) in [6.07, 6.45) is 1.52. The SMILES string of the molecule is CC(C)NC(=O)/C(C#N)=C\c1cc(Br)c(OCc2ccc(Cl)c(Cl)c2)c(Br)c1. The van der Waals surface area contributed by atoms with Crippen LogP contribution < -0.4 is 10.1 Å². The summed E-state index contributed by atoms with van der Waals surface area (Å²) in [4.78, 5) is 12.1. The highest BCUT2D eigenvalue weighted by atomic mass is 79.9. The van der Waals surface area contributed by atoms with E-state index in [2.05, 4.69) is 37.2 Å². The first-order valence-electron chi connectivity index (χ1n) is 8.19. The van der Waals surface area contributed by atoms with Gasteiger partial charge in [0.1, 0.15) is 24.0 Å². The van der Waals surface area contributed by atoms with E-state index in [9.17, 15) is 10.1 Å². The first kappa shape index (κ1) is 22.8. The molecule has 0 spiro atoms. The summed E-state index contributed by atoms with van der Waals surface area (Å²) in [5.41, 5.74) is 1.57. The predicted molar refractivity (Wildman–Crippen MR) is 120 cm³/mol. The van der Waals surface area contributed by atoms with E-state index in [1.54, 1.807) is 24.3 Å². The van der Waals surface area contributed by atoms with Crippen molar-refractivity contribution in [2.24, 2.45) is 0 Å². The molecule has 0 saturated heterocycles. The molecule has 0 atom stereocenters. The maximum Gasteiger partial charge on any atom is 0.262 e. The number of nitrogens with zero attached hydrogens (tertiary/aromatic N) is 1. The molecule has 2 aromatic rings. The van der Waals surface area contributed by atoms with Crippen LogP contribution in [0.15, 0.2) is 44.9 Å². The van der Waals surface area contributed by atoms with Crippen LogP contribution in [0, 0.1) is 11.3 Å². The molecule has 4 nitrogen and oxygen atoms in total. The van der Waals surface area contributed by atoms with Gasteiger partial charge < -0.3 is 10.1 Å². The van der Waals surface area contributed by atoms with Gasteiger partial charge >= 0.3 is 0 Å². The van der Waals surface area contributed by atoms with Crippen molar-refractivity contribution in [2.45, 2.75) is 26.5 Å². The van der Waals surface area contributed by atoms with Gasteiger partial charge in [-0.1, -0.05) is 29.3 Å². The second kappa shape index (κ2) is 10.3. The molecule has 0 heterocycles. The van der Waals surface area contributed by atoms with Crippen molar-refractivity contribution in [2.75, 3.05) is 0 Å². The molecule has 0 aromatic heterocycles. The highest BCUT2D eigenvalue weighted by Crippen LogP contribution is 2.36. The van der Waals surface area contributed by atoms with Crippen LogP contribution in [-0.4, -0.2) is 11.9 Å². The Morgan fingerprint density at radius 2 is 1.86 bits per heavy atom. The summed E-state index contributed by atoms with van der Waals surface area (Å²) in [5.74, 6) is 0.179. The summed E-state index contributed by atoms with van der Waals surface area (Å²) in [5, 5.41) is 12.9. The third-order valence-corrected chi connectivity index (χ3v) is 5.40. The molecule has 0 saturated carbocycles. The Labute approximate surface area is 190 Å². The fourth-order valence-electron chi connectivity index (χ4n) is 2.24. The predicted octanol–water partition coefficient (Wildman–Crippen LogP) is 6.53. The summed E-state index contributed by atoms with van der Waals surface area (Å²) < 4.78 is 7.23. The molecule has 2 aromatic carbocycles. The van der Waals surface area contributed by atoms with Gasteiger partial charge in [-0.05, 0) is 87.2 Å². The average Bonchev–Trinajstić information content (AvgIpc) is 2.61. The molecule has 2 rings (SSSR count). The van der Waals surface area contributed by atoms with Gasteiger partial charge in [-0.2, -0.15) is 5.26 Å². The Morgan fingerprint density at radius 1 is 1.21 bits per heavy atom.